The summed E-state index contributed by atoms with van der Waals surface area (Å²) >= 11 is 5.86. The summed E-state index contributed by atoms with van der Waals surface area (Å²) < 4.78 is 37.2. The molecule has 0 atom stereocenters. The number of hydrogen-bond acceptors (Lipinski definition) is 3. The van der Waals surface area contributed by atoms with Gasteiger partial charge in [-0.2, -0.15) is 13.2 Å². The lowest BCUT2D eigenvalue weighted by Crippen LogP contribution is -2.31. The van der Waals surface area contributed by atoms with Crippen molar-refractivity contribution in [2.45, 2.75) is 6.18 Å². The Morgan fingerprint density at radius 1 is 1.15 bits per heavy atom. The third kappa shape index (κ3) is 3.84. The molecule has 0 saturated carbocycles. The minimum atomic E-state index is -4.31. The van der Waals surface area contributed by atoms with E-state index >= 15 is 0 Å². The zero-order chi connectivity index (χ0) is 14.8. The van der Waals surface area contributed by atoms with Crippen LogP contribution in [0.3, 0.4) is 0 Å². The first-order valence-electron chi connectivity index (χ1n) is 5.73. The van der Waals surface area contributed by atoms with E-state index in [1.54, 1.807) is 24.3 Å². The van der Waals surface area contributed by atoms with E-state index in [9.17, 15) is 13.2 Å². The molecule has 0 radical (unpaired) electrons. The minimum absolute atomic E-state index is 0.0999. The highest BCUT2D eigenvalue weighted by Crippen LogP contribution is 2.24. The molecule has 2 rings (SSSR count). The summed E-state index contributed by atoms with van der Waals surface area (Å²) in [4.78, 5) is 9.13. The summed E-state index contributed by atoms with van der Waals surface area (Å²) in [6, 6.07) is 10.2. The zero-order valence-corrected chi connectivity index (χ0v) is 11.3. The van der Waals surface area contributed by atoms with Gasteiger partial charge in [0.1, 0.15) is 17.5 Å². The number of alkyl halides is 3. The van der Waals surface area contributed by atoms with Crippen molar-refractivity contribution < 1.29 is 13.2 Å². The maximum atomic E-state index is 12.4. The second-order valence-corrected chi connectivity index (χ2v) is 4.60. The van der Waals surface area contributed by atoms with Crippen molar-refractivity contribution in [3.05, 3.63) is 41.6 Å². The predicted molar refractivity (Wildman–Crippen MR) is 71.8 cm³/mol. The van der Waals surface area contributed by atoms with Crippen LogP contribution in [0, 0.1) is 0 Å². The fourth-order valence-electron chi connectivity index (χ4n) is 1.67. The predicted octanol–water partition coefficient (Wildman–Crippen LogP) is 3.80. The van der Waals surface area contributed by atoms with E-state index < -0.39 is 12.7 Å². The average molecular weight is 302 g/mol. The lowest BCUT2D eigenvalue weighted by molar-refractivity contribution is -0.119. The van der Waals surface area contributed by atoms with Gasteiger partial charge in [0.05, 0.1) is 0 Å². The molecule has 0 aliphatic heterocycles. The van der Waals surface area contributed by atoms with E-state index in [1.165, 1.54) is 13.1 Å². The maximum absolute atomic E-state index is 12.4. The second-order valence-electron chi connectivity index (χ2n) is 4.21. The topological polar surface area (TPSA) is 29.0 Å². The molecule has 1 aromatic carbocycles. The zero-order valence-electron chi connectivity index (χ0n) is 10.5. The molecule has 1 heterocycles. The van der Waals surface area contributed by atoms with Crippen molar-refractivity contribution >= 4 is 17.4 Å². The largest absolute Gasteiger partial charge is 0.405 e. The van der Waals surface area contributed by atoms with E-state index in [4.69, 9.17) is 11.6 Å². The standard InChI is InChI=1S/C13H11ClF3N3/c1-20(8-13(15,16)17)11-7-10(14)18-12(19-11)9-5-3-2-4-6-9/h2-7H,8H2,1H3. The lowest BCUT2D eigenvalue weighted by Gasteiger charge is -2.20. The number of hydrogen-bond donors (Lipinski definition) is 0. The quantitative estimate of drug-likeness (QED) is 0.808. The van der Waals surface area contributed by atoms with Gasteiger partial charge in [0.25, 0.3) is 0 Å². The molecular weight excluding hydrogens is 291 g/mol. The highest BCUT2D eigenvalue weighted by molar-refractivity contribution is 6.29. The number of benzene rings is 1. The molecule has 0 saturated heterocycles. The molecule has 7 heteroatoms. The van der Waals surface area contributed by atoms with Gasteiger partial charge in [0.15, 0.2) is 5.82 Å². The Labute approximate surface area is 119 Å². The summed E-state index contributed by atoms with van der Waals surface area (Å²) in [7, 11) is 1.31. The van der Waals surface area contributed by atoms with Crippen LogP contribution in [0.25, 0.3) is 11.4 Å². The van der Waals surface area contributed by atoms with Gasteiger partial charge in [-0.3, -0.25) is 0 Å². The van der Waals surface area contributed by atoms with E-state index in [0.29, 0.717) is 11.4 Å². The highest BCUT2D eigenvalue weighted by Gasteiger charge is 2.30. The third-order valence-electron chi connectivity index (χ3n) is 2.52. The average Bonchev–Trinajstić information content (AvgIpc) is 2.37. The molecule has 0 aliphatic rings. The third-order valence-corrected chi connectivity index (χ3v) is 2.71. The van der Waals surface area contributed by atoms with Crippen LogP contribution in [0.2, 0.25) is 5.15 Å². The van der Waals surface area contributed by atoms with Crippen LogP contribution in [-0.4, -0.2) is 29.7 Å². The monoisotopic (exact) mass is 301 g/mol. The summed E-state index contributed by atoms with van der Waals surface area (Å²) in [5, 5.41) is 0.0999. The molecule has 0 aliphatic carbocycles. The molecule has 0 bridgehead atoms. The van der Waals surface area contributed by atoms with Crippen LogP contribution < -0.4 is 4.90 Å². The summed E-state index contributed by atoms with van der Waals surface area (Å²) in [5.41, 5.74) is 0.691. The van der Waals surface area contributed by atoms with Crippen LogP contribution in [0.5, 0.6) is 0 Å². The maximum Gasteiger partial charge on any atom is 0.405 e. The van der Waals surface area contributed by atoms with Crippen molar-refractivity contribution in [2.75, 3.05) is 18.5 Å². The van der Waals surface area contributed by atoms with Crippen molar-refractivity contribution in [2.24, 2.45) is 0 Å². The second kappa shape index (κ2) is 5.66. The van der Waals surface area contributed by atoms with Gasteiger partial charge >= 0.3 is 6.18 Å². The Morgan fingerprint density at radius 3 is 2.40 bits per heavy atom. The van der Waals surface area contributed by atoms with E-state index in [1.807, 2.05) is 6.07 Å². The normalized spacial score (nSPS) is 11.4. The summed E-state index contributed by atoms with van der Waals surface area (Å²) in [6.07, 6.45) is -4.31. The number of halogens is 4. The molecular formula is C13H11ClF3N3. The first-order valence-corrected chi connectivity index (χ1v) is 6.11. The summed E-state index contributed by atoms with van der Waals surface area (Å²) in [5.74, 6) is 0.420. The molecule has 20 heavy (non-hydrogen) atoms. The Hall–Kier alpha value is -1.82. The van der Waals surface area contributed by atoms with Crippen molar-refractivity contribution in [1.82, 2.24) is 9.97 Å². The molecule has 0 N–H and O–H groups in total. The van der Waals surface area contributed by atoms with Crippen LogP contribution in [0.1, 0.15) is 0 Å². The summed E-state index contributed by atoms with van der Waals surface area (Å²) in [6.45, 7) is -1.10. The Balaban J connectivity index is 2.34. The van der Waals surface area contributed by atoms with E-state index in [0.717, 1.165) is 4.90 Å². The van der Waals surface area contributed by atoms with Crippen LogP contribution in [-0.2, 0) is 0 Å². The van der Waals surface area contributed by atoms with E-state index in [-0.39, 0.29) is 11.0 Å². The van der Waals surface area contributed by atoms with Crippen LogP contribution in [0.4, 0.5) is 19.0 Å². The Bertz CT molecular complexity index is 587. The molecule has 3 nitrogen and oxygen atoms in total. The molecule has 0 unspecified atom stereocenters. The number of nitrogens with zero attached hydrogens (tertiary/aromatic N) is 3. The van der Waals surface area contributed by atoms with Gasteiger partial charge in [0, 0.05) is 18.7 Å². The number of aromatic nitrogens is 2. The van der Waals surface area contributed by atoms with Crippen molar-refractivity contribution in [1.29, 1.82) is 0 Å². The first-order chi connectivity index (χ1) is 9.35. The molecule has 2 aromatic rings. The van der Waals surface area contributed by atoms with Gasteiger partial charge in [-0.15, -0.1) is 0 Å². The molecule has 1 aromatic heterocycles. The molecule has 0 amide bonds. The molecule has 106 valence electrons. The van der Waals surface area contributed by atoms with Gasteiger partial charge in [0.2, 0.25) is 0 Å². The van der Waals surface area contributed by atoms with Crippen molar-refractivity contribution in [3.63, 3.8) is 0 Å². The van der Waals surface area contributed by atoms with Gasteiger partial charge in [-0.1, -0.05) is 41.9 Å². The smallest absolute Gasteiger partial charge is 0.350 e. The number of rotatable bonds is 3. The fourth-order valence-corrected chi connectivity index (χ4v) is 1.85. The van der Waals surface area contributed by atoms with Crippen LogP contribution in [0.15, 0.2) is 36.4 Å². The van der Waals surface area contributed by atoms with Gasteiger partial charge < -0.3 is 4.90 Å². The fraction of sp³-hybridized carbons (Fsp3) is 0.231. The first kappa shape index (κ1) is 14.6. The minimum Gasteiger partial charge on any atom is -0.350 e. The number of anilines is 1. The van der Waals surface area contributed by atoms with E-state index in [2.05, 4.69) is 9.97 Å². The molecule has 0 spiro atoms. The van der Waals surface area contributed by atoms with Crippen LogP contribution >= 0.6 is 11.6 Å². The van der Waals surface area contributed by atoms with Gasteiger partial charge in [-0.25, -0.2) is 9.97 Å². The SMILES string of the molecule is CN(CC(F)(F)F)c1cc(Cl)nc(-c2ccccc2)n1. The molecule has 0 fully saturated rings. The van der Waals surface area contributed by atoms with Crippen molar-refractivity contribution in [3.8, 4) is 11.4 Å². The Morgan fingerprint density at radius 2 is 1.80 bits per heavy atom. The lowest BCUT2D eigenvalue weighted by atomic mass is 10.2. The van der Waals surface area contributed by atoms with Gasteiger partial charge in [-0.05, 0) is 0 Å². The Kier molecular flexibility index (Phi) is 4.13. The highest BCUT2D eigenvalue weighted by atomic mass is 35.5.